The minimum Gasteiger partial charge on any atom is -0.478 e. The number of hydrogen-bond acceptors (Lipinski definition) is 4. The number of carbonyl (C=O) groups is 2. The van der Waals surface area contributed by atoms with Crippen molar-refractivity contribution in [1.82, 2.24) is 0 Å². The van der Waals surface area contributed by atoms with E-state index < -0.39 is 5.97 Å². The van der Waals surface area contributed by atoms with Crippen molar-refractivity contribution in [3.63, 3.8) is 0 Å². The Labute approximate surface area is 192 Å². The first-order valence-electron chi connectivity index (χ1n) is 11.6. The third kappa shape index (κ3) is 3.30. The fourth-order valence-corrected chi connectivity index (χ4v) is 6.50. The van der Waals surface area contributed by atoms with Gasteiger partial charge in [-0.05, 0) is 84.4 Å². The summed E-state index contributed by atoms with van der Waals surface area (Å²) in [4.78, 5) is 24.5. The molecule has 5 atom stereocenters. The fraction of sp³-hybridized carbons (Fsp3) is 0.286. The average molecular weight is 440 g/mol. The molecule has 1 heterocycles. The molecular formula is C28H25NO4. The Balaban J connectivity index is 1.33. The minimum atomic E-state index is -0.904. The van der Waals surface area contributed by atoms with Crippen molar-refractivity contribution in [2.45, 2.75) is 31.2 Å². The molecule has 5 heteroatoms. The van der Waals surface area contributed by atoms with Crippen molar-refractivity contribution in [3.8, 4) is 5.75 Å². The van der Waals surface area contributed by atoms with E-state index in [0.29, 0.717) is 40.5 Å². The number of carboxylic acids is 1. The van der Waals surface area contributed by atoms with Crippen LogP contribution in [0.5, 0.6) is 5.75 Å². The monoisotopic (exact) mass is 439 g/mol. The fourth-order valence-electron chi connectivity index (χ4n) is 6.50. The van der Waals surface area contributed by atoms with Gasteiger partial charge in [-0.1, -0.05) is 42.5 Å². The van der Waals surface area contributed by atoms with E-state index in [1.165, 1.54) is 19.3 Å². The van der Waals surface area contributed by atoms with E-state index in [4.69, 9.17) is 4.74 Å². The molecule has 33 heavy (non-hydrogen) atoms. The summed E-state index contributed by atoms with van der Waals surface area (Å²) in [7, 11) is 0. The van der Waals surface area contributed by atoms with Crippen LogP contribution in [0.1, 0.15) is 63.1 Å². The maximum atomic E-state index is 12.6. The molecule has 2 aliphatic carbocycles. The molecule has 0 spiro atoms. The smallest absolute Gasteiger partial charge is 0.343 e. The Kier molecular flexibility index (Phi) is 4.72. The topological polar surface area (TPSA) is 75.6 Å². The van der Waals surface area contributed by atoms with Gasteiger partial charge in [-0.25, -0.2) is 9.59 Å². The lowest BCUT2D eigenvalue weighted by Crippen LogP contribution is -2.36. The van der Waals surface area contributed by atoms with E-state index in [2.05, 4.69) is 11.4 Å². The zero-order valence-corrected chi connectivity index (χ0v) is 18.1. The molecule has 2 bridgehead atoms. The van der Waals surface area contributed by atoms with Crippen LogP contribution in [0.25, 0.3) is 0 Å². The van der Waals surface area contributed by atoms with Crippen LogP contribution in [0.15, 0.2) is 72.8 Å². The van der Waals surface area contributed by atoms with Crippen molar-refractivity contribution >= 4 is 17.6 Å². The van der Waals surface area contributed by atoms with Crippen LogP contribution in [0.2, 0.25) is 0 Å². The molecule has 3 aliphatic rings. The summed E-state index contributed by atoms with van der Waals surface area (Å²) in [6, 6.07) is 22.3. The van der Waals surface area contributed by atoms with Crippen molar-refractivity contribution in [2.24, 2.45) is 17.8 Å². The summed E-state index contributed by atoms with van der Waals surface area (Å²) in [6.07, 6.45) is 3.67. The molecule has 6 rings (SSSR count). The van der Waals surface area contributed by atoms with Gasteiger partial charge in [-0.3, -0.25) is 0 Å². The Morgan fingerprint density at radius 2 is 1.64 bits per heavy atom. The number of anilines is 1. The number of aromatic carboxylic acids is 1. The highest BCUT2D eigenvalue weighted by molar-refractivity contribution is 5.96. The number of carboxylic acid groups (broad SMARTS) is 1. The SMILES string of the molecule is O=C(Oc1ccccc1)c1ccc(C2Nc3c(C(=O)O)cccc3C3C4CCC(C4)C23)cc1. The lowest BCUT2D eigenvalue weighted by molar-refractivity contribution is 0.0694. The molecule has 0 saturated heterocycles. The summed E-state index contributed by atoms with van der Waals surface area (Å²) in [5.41, 5.74) is 3.83. The highest BCUT2D eigenvalue weighted by atomic mass is 16.5. The zero-order valence-electron chi connectivity index (χ0n) is 18.1. The molecule has 5 nitrogen and oxygen atoms in total. The number of ether oxygens (including phenoxy) is 1. The number of para-hydroxylation sites is 2. The molecule has 2 N–H and O–H groups in total. The Morgan fingerprint density at radius 3 is 2.39 bits per heavy atom. The van der Waals surface area contributed by atoms with E-state index in [9.17, 15) is 14.7 Å². The van der Waals surface area contributed by atoms with Crippen molar-refractivity contribution < 1.29 is 19.4 Å². The summed E-state index contributed by atoms with van der Waals surface area (Å²) in [5, 5.41) is 13.4. The molecule has 3 aromatic carbocycles. The van der Waals surface area contributed by atoms with Crippen LogP contribution in [0.3, 0.4) is 0 Å². The quantitative estimate of drug-likeness (QED) is 0.391. The average Bonchev–Trinajstić information content (AvgIpc) is 3.47. The summed E-state index contributed by atoms with van der Waals surface area (Å²) >= 11 is 0. The van der Waals surface area contributed by atoms with Crippen LogP contribution in [-0.2, 0) is 0 Å². The van der Waals surface area contributed by atoms with Gasteiger partial charge < -0.3 is 15.2 Å². The second-order valence-corrected chi connectivity index (χ2v) is 9.46. The first-order chi connectivity index (χ1) is 16.1. The maximum Gasteiger partial charge on any atom is 0.343 e. The lowest BCUT2D eigenvalue weighted by Gasteiger charge is -2.44. The third-order valence-electron chi connectivity index (χ3n) is 7.81. The normalized spacial score (nSPS) is 26.7. The van der Waals surface area contributed by atoms with Gasteiger partial charge in [0.25, 0.3) is 0 Å². The summed E-state index contributed by atoms with van der Waals surface area (Å²) in [5.74, 6) is 1.30. The predicted octanol–water partition coefficient (Wildman–Crippen LogP) is 5.90. The number of esters is 1. The third-order valence-corrected chi connectivity index (χ3v) is 7.81. The van der Waals surface area contributed by atoms with E-state index in [-0.39, 0.29) is 12.0 Å². The Morgan fingerprint density at radius 1 is 0.879 bits per heavy atom. The minimum absolute atomic E-state index is 0.0255. The molecule has 5 unspecified atom stereocenters. The van der Waals surface area contributed by atoms with E-state index in [0.717, 1.165) is 16.8 Å². The standard InChI is InChI=1S/C28H25NO4/c30-27(31)22-8-4-7-21-23-18-13-14-19(15-18)24(23)25(29-26(21)22)16-9-11-17(12-10-16)28(32)33-20-5-2-1-3-6-20/h1-12,18-19,23-25,29H,13-15H2,(H,30,31). The van der Waals surface area contributed by atoms with Gasteiger partial charge in [0.05, 0.1) is 22.9 Å². The molecule has 2 fully saturated rings. The van der Waals surface area contributed by atoms with Gasteiger partial charge in [0.2, 0.25) is 0 Å². The first kappa shape index (κ1) is 20.0. The van der Waals surface area contributed by atoms with E-state index in [1.54, 1.807) is 18.2 Å². The second kappa shape index (κ2) is 7.77. The van der Waals surface area contributed by atoms with Crippen LogP contribution < -0.4 is 10.1 Å². The number of benzene rings is 3. The van der Waals surface area contributed by atoms with Gasteiger partial charge in [-0.2, -0.15) is 0 Å². The number of hydrogen-bond donors (Lipinski definition) is 2. The zero-order chi connectivity index (χ0) is 22.5. The predicted molar refractivity (Wildman–Crippen MR) is 125 cm³/mol. The number of rotatable bonds is 4. The van der Waals surface area contributed by atoms with Crippen molar-refractivity contribution in [3.05, 3.63) is 95.1 Å². The molecule has 1 aliphatic heterocycles. The van der Waals surface area contributed by atoms with E-state index in [1.807, 2.05) is 48.5 Å². The van der Waals surface area contributed by atoms with E-state index >= 15 is 0 Å². The molecule has 0 radical (unpaired) electrons. The molecule has 0 amide bonds. The molecule has 3 aromatic rings. The van der Waals surface area contributed by atoms with Crippen LogP contribution in [0, 0.1) is 17.8 Å². The van der Waals surface area contributed by atoms with Gasteiger partial charge in [0, 0.05) is 0 Å². The summed E-state index contributed by atoms with van der Waals surface area (Å²) in [6.45, 7) is 0. The van der Waals surface area contributed by atoms with Gasteiger partial charge >= 0.3 is 11.9 Å². The van der Waals surface area contributed by atoms with Crippen LogP contribution in [0.4, 0.5) is 5.69 Å². The maximum absolute atomic E-state index is 12.6. The first-order valence-corrected chi connectivity index (χ1v) is 11.6. The lowest BCUT2D eigenvalue weighted by atomic mass is 9.67. The highest BCUT2D eigenvalue weighted by Gasteiger charge is 2.54. The molecule has 166 valence electrons. The number of fused-ring (bicyclic) bond motifs is 7. The van der Waals surface area contributed by atoms with Crippen LogP contribution >= 0.6 is 0 Å². The second-order valence-electron chi connectivity index (χ2n) is 9.46. The van der Waals surface area contributed by atoms with Crippen LogP contribution in [-0.4, -0.2) is 17.0 Å². The molecule has 2 saturated carbocycles. The van der Waals surface area contributed by atoms with Crippen molar-refractivity contribution in [1.29, 1.82) is 0 Å². The molecular weight excluding hydrogens is 414 g/mol. The Hall–Kier alpha value is -3.60. The molecule has 0 aromatic heterocycles. The summed E-state index contributed by atoms with van der Waals surface area (Å²) < 4.78 is 5.46. The Bertz CT molecular complexity index is 1220. The number of nitrogens with one attached hydrogen (secondary N) is 1. The van der Waals surface area contributed by atoms with Gasteiger partial charge in [-0.15, -0.1) is 0 Å². The van der Waals surface area contributed by atoms with Crippen molar-refractivity contribution in [2.75, 3.05) is 5.32 Å². The highest BCUT2D eigenvalue weighted by Crippen LogP contribution is 2.64. The number of carbonyl (C=O) groups excluding carboxylic acids is 1. The largest absolute Gasteiger partial charge is 0.478 e. The van der Waals surface area contributed by atoms with Gasteiger partial charge in [0.15, 0.2) is 0 Å². The van der Waals surface area contributed by atoms with Gasteiger partial charge in [0.1, 0.15) is 5.75 Å².